The van der Waals surface area contributed by atoms with Crippen LogP contribution >= 0.6 is 15.9 Å². The molecule has 1 aromatic carbocycles. The maximum Gasteiger partial charge on any atom is 0.354 e. The third-order valence-corrected chi connectivity index (χ3v) is 3.22. The summed E-state index contributed by atoms with van der Waals surface area (Å²) in [7, 11) is 3.62. The molecule has 0 saturated carbocycles. The SMILES string of the molecule is COC(=O)/C=C(/Nc1cc(C(=O)OC)ccc1Br)C(=O)OC. The van der Waals surface area contributed by atoms with Gasteiger partial charge in [-0.25, -0.2) is 14.4 Å². The first kappa shape index (κ1) is 17.7. The number of benzene rings is 1. The van der Waals surface area contributed by atoms with Crippen LogP contribution in [0.4, 0.5) is 5.69 Å². The van der Waals surface area contributed by atoms with Crippen LogP contribution in [0.1, 0.15) is 10.4 Å². The van der Waals surface area contributed by atoms with E-state index in [1.54, 1.807) is 12.1 Å². The zero-order valence-corrected chi connectivity index (χ0v) is 13.7. The van der Waals surface area contributed by atoms with Gasteiger partial charge in [-0.05, 0) is 34.1 Å². The van der Waals surface area contributed by atoms with Gasteiger partial charge in [0.25, 0.3) is 0 Å². The normalized spacial score (nSPS) is 10.6. The van der Waals surface area contributed by atoms with E-state index in [2.05, 4.69) is 35.5 Å². The molecule has 0 spiro atoms. The molecule has 0 radical (unpaired) electrons. The molecule has 1 aromatic rings. The summed E-state index contributed by atoms with van der Waals surface area (Å²) in [5.41, 5.74) is 0.510. The summed E-state index contributed by atoms with van der Waals surface area (Å²) in [5.74, 6) is -2.03. The monoisotopic (exact) mass is 371 g/mol. The Morgan fingerprint density at radius 2 is 1.77 bits per heavy atom. The van der Waals surface area contributed by atoms with Crippen LogP contribution in [0.5, 0.6) is 0 Å². The third kappa shape index (κ3) is 4.59. The molecule has 0 bridgehead atoms. The minimum absolute atomic E-state index is 0.142. The molecule has 0 atom stereocenters. The van der Waals surface area contributed by atoms with Crippen LogP contribution in [0.15, 0.2) is 34.4 Å². The standard InChI is InChI=1S/C14H14BrNO6/c1-20-12(17)7-11(14(19)22-3)16-10-6-8(13(18)21-2)4-5-9(10)15/h4-7,16H,1-3H3/b11-7+. The summed E-state index contributed by atoms with van der Waals surface area (Å²) in [6.45, 7) is 0. The molecule has 22 heavy (non-hydrogen) atoms. The van der Waals surface area contributed by atoms with Crippen LogP contribution in [0.25, 0.3) is 0 Å². The number of hydrogen-bond donors (Lipinski definition) is 1. The van der Waals surface area contributed by atoms with Crippen LogP contribution in [-0.2, 0) is 23.8 Å². The van der Waals surface area contributed by atoms with E-state index in [0.29, 0.717) is 10.2 Å². The summed E-state index contributed by atoms with van der Waals surface area (Å²) in [5, 5.41) is 2.71. The van der Waals surface area contributed by atoms with Crippen LogP contribution in [0, 0.1) is 0 Å². The molecule has 0 aromatic heterocycles. The highest BCUT2D eigenvalue weighted by Crippen LogP contribution is 2.25. The fourth-order valence-corrected chi connectivity index (χ4v) is 1.79. The first-order chi connectivity index (χ1) is 10.4. The van der Waals surface area contributed by atoms with Crippen molar-refractivity contribution in [1.82, 2.24) is 0 Å². The van der Waals surface area contributed by atoms with Gasteiger partial charge in [0.2, 0.25) is 0 Å². The fraction of sp³-hybridized carbons (Fsp3) is 0.214. The van der Waals surface area contributed by atoms with Crippen molar-refractivity contribution in [2.24, 2.45) is 0 Å². The van der Waals surface area contributed by atoms with Crippen molar-refractivity contribution >= 4 is 39.5 Å². The summed E-state index contributed by atoms with van der Waals surface area (Å²) in [6.07, 6.45) is 0.948. The maximum atomic E-state index is 11.7. The van der Waals surface area contributed by atoms with Crippen molar-refractivity contribution in [2.75, 3.05) is 26.6 Å². The van der Waals surface area contributed by atoms with Gasteiger partial charge >= 0.3 is 17.9 Å². The summed E-state index contributed by atoms with van der Waals surface area (Å²) >= 11 is 3.27. The molecule has 0 aliphatic rings. The molecular weight excluding hydrogens is 358 g/mol. The van der Waals surface area contributed by atoms with Gasteiger partial charge in [-0.15, -0.1) is 0 Å². The van der Waals surface area contributed by atoms with Crippen LogP contribution < -0.4 is 5.32 Å². The van der Waals surface area contributed by atoms with Gasteiger partial charge in [-0.2, -0.15) is 0 Å². The Morgan fingerprint density at radius 3 is 2.32 bits per heavy atom. The highest BCUT2D eigenvalue weighted by Gasteiger charge is 2.15. The highest BCUT2D eigenvalue weighted by atomic mass is 79.9. The molecule has 0 heterocycles. The second kappa shape index (κ2) is 8.18. The van der Waals surface area contributed by atoms with Gasteiger partial charge in [-0.3, -0.25) is 0 Å². The molecule has 0 fully saturated rings. The van der Waals surface area contributed by atoms with E-state index >= 15 is 0 Å². The number of esters is 3. The van der Waals surface area contributed by atoms with Crippen LogP contribution in [-0.4, -0.2) is 39.2 Å². The van der Waals surface area contributed by atoms with Crippen LogP contribution in [0.2, 0.25) is 0 Å². The van der Waals surface area contributed by atoms with E-state index in [-0.39, 0.29) is 11.3 Å². The number of anilines is 1. The van der Waals surface area contributed by atoms with Crippen molar-refractivity contribution < 1.29 is 28.6 Å². The van der Waals surface area contributed by atoms with Crippen molar-refractivity contribution in [3.05, 3.63) is 40.0 Å². The molecule has 0 amide bonds. The van der Waals surface area contributed by atoms with Gasteiger partial charge in [-0.1, -0.05) is 0 Å². The van der Waals surface area contributed by atoms with Gasteiger partial charge < -0.3 is 19.5 Å². The van der Waals surface area contributed by atoms with E-state index in [1.165, 1.54) is 27.4 Å². The Balaban J connectivity index is 3.17. The number of hydrogen-bond acceptors (Lipinski definition) is 7. The molecule has 0 aliphatic carbocycles. The lowest BCUT2D eigenvalue weighted by Crippen LogP contribution is -2.16. The smallest absolute Gasteiger partial charge is 0.354 e. The molecule has 7 nitrogen and oxygen atoms in total. The molecular formula is C14H14BrNO6. The zero-order chi connectivity index (χ0) is 16.7. The number of ether oxygens (including phenoxy) is 3. The molecule has 1 rings (SSSR count). The van der Waals surface area contributed by atoms with E-state index < -0.39 is 17.9 Å². The minimum atomic E-state index is -0.763. The van der Waals surface area contributed by atoms with Crippen molar-refractivity contribution in [2.45, 2.75) is 0 Å². The number of carbonyl (C=O) groups excluding carboxylic acids is 3. The lowest BCUT2D eigenvalue weighted by Gasteiger charge is -2.11. The Morgan fingerprint density at radius 1 is 1.09 bits per heavy atom. The number of rotatable bonds is 5. The van der Waals surface area contributed by atoms with E-state index in [0.717, 1.165) is 6.08 Å². The zero-order valence-electron chi connectivity index (χ0n) is 12.1. The second-order valence-corrected chi connectivity index (χ2v) is 4.74. The predicted octanol–water partition coefficient (Wildman–Crippen LogP) is 1.88. The lowest BCUT2D eigenvalue weighted by atomic mass is 10.2. The van der Waals surface area contributed by atoms with E-state index in [1.807, 2.05) is 0 Å². The topological polar surface area (TPSA) is 90.9 Å². The Hall–Kier alpha value is -2.35. The molecule has 118 valence electrons. The lowest BCUT2D eigenvalue weighted by molar-refractivity contribution is -0.138. The number of carbonyl (C=O) groups is 3. The Bertz CT molecular complexity index is 626. The minimum Gasteiger partial charge on any atom is -0.466 e. The quantitative estimate of drug-likeness (QED) is 0.479. The largest absolute Gasteiger partial charge is 0.466 e. The van der Waals surface area contributed by atoms with E-state index in [9.17, 15) is 14.4 Å². The molecule has 1 N–H and O–H groups in total. The Kier molecular flexibility index (Phi) is 6.58. The van der Waals surface area contributed by atoms with Gasteiger partial charge in [0.05, 0.1) is 38.7 Å². The first-order valence-electron chi connectivity index (χ1n) is 5.95. The number of nitrogens with one attached hydrogen (secondary N) is 1. The molecule has 0 unspecified atom stereocenters. The summed E-state index contributed by atoms with van der Waals surface area (Å²) < 4.78 is 14.3. The summed E-state index contributed by atoms with van der Waals surface area (Å²) in [6, 6.07) is 4.61. The van der Waals surface area contributed by atoms with Crippen molar-refractivity contribution in [3.63, 3.8) is 0 Å². The molecule has 0 saturated heterocycles. The average molecular weight is 372 g/mol. The van der Waals surface area contributed by atoms with E-state index in [4.69, 9.17) is 0 Å². The van der Waals surface area contributed by atoms with Crippen molar-refractivity contribution in [3.8, 4) is 0 Å². The van der Waals surface area contributed by atoms with Crippen LogP contribution in [0.3, 0.4) is 0 Å². The second-order valence-electron chi connectivity index (χ2n) is 3.88. The average Bonchev–Trinajstić information content (AvgIpc) is 2.54. The third-order valence-electron chi connectivity index (χ3n) is 2.53. The first-order valence-corrected chi connectivity index (χ1v) is 6.75. The summed E-state index contributed by atoms with van der Waals surface area (Å²) in [4.78, 5) is 34.5. The van der Waals surface area contributed by atoms with Crippen molar-refractivity contribution in [1.29, 1.82) is 0 Å². The number of halogens is 1. The van der Waals surface area contributed by atoms with Gasteiger partial charge in [0, 0.05) is 4.47 Å². The predicted molar refractivity (Wildman–Crippen MR) is 81.2 cm³/mol. The maximum absolute atomic E-state index is 11.7. The molecule has 8 heteroatoms. The Labute approximate surface area is 135 Å². The van der Waals surface area contributed by atoms with Gasteiger partial charge in [0.1, 0.15) is 5.70 Å². The van der Waals surface area contributed by atoms with Gasteiger partial charge in [0.15, 0.2) is 0 Å². The molecule has 0 aliphatic heterocycles. The number of methoxy groups -OCH3 is 3. The fourth-order valence-electron chi connectivity index (χ4n) is 1.44. The highest BCUT2D eigenvalue weighted by molar-refractivity contribution is 9.10.